The Bertz CT molecular complexity index is 241. The summed E-state index contributed by atoms with van der Waals surface area (Å²) in [5.74, 6) is 0.116. The van der Waals surface area contributed by atoms with E-state index < -0.39 is 0 Å². The summed E-state index contributed by atoms with van der Waals surface area (Å²) in [6.07, 6.45) is 3.80. The molecule has 0 bridgehead atoms. The minimum Gasteiger partial charge on any atom is -0.349 e. The molecule has 0 saturated carbocycles. The fourth-order valence-electron chi connectivity index (χ4n) is 0.816. The van der Waals surface area contributed by atoms with Crippen LogP contribution in [0.2, 0.25) is 0 Å². The Balaban J connectivity index is 2.32. The highest BCUT2D eigenvalue weighted by Gasteiger charge is 2.02. The lowest BCUT2D eigenvalue weighted by Crippen LogP contribution is -2.22. The molecule has 1 heterocycles. The van der Waals surface area contributed by atoms with E-state index in [9.17, 15) is 4.79 Å². The Morgan fingerprint density at radius 1 is 1.67 bits per heavy atom. The predicted octanol–water partition coefficient (Wildman–Crippen LogP) is 0.162. The molecule has 0 atom stereocenters. The molecule has 12 heavy (non-hydrogen) atoms. The normalized spacial score (nSPS) is 9.83. The second-order valence-electron chi connectivity index (χ2n) is 2.74. The Labute approximate surface area is 71.8 Å². The number of aromatic nitrogens is 2. The lowest BCUT2D eigenvalue weighted by atomic mass is 10.4. The third-order valence-corrected chi connectivity index (χ3v) is 1.56. The van der Waals surface area contributed by atoms with Gasteiger partial charge in [-0.25, -0.2) is 0 Å². The SMILES string of the molecule is CN(C)C(=O)CCn1c[c]cn1. The summed E-state index contributed by atoms with van der Waals surface area (Å²) in [7, 11) is 3.50. The number of hydrogen-bond donors (Lipinski definition) is 0. The molecule has 1 amide bonds. The highest BCUT2D eigenvalue weighted by molar-refractivity contribution is 5.75. The maximum atomic E-state index is 11.1. The van der Waals surface area contributed by atoms with Gasteiger partial charge in [-0.2, -0.15) is 5.10 Å². The third-order valence-electron chi connectivity index (χ3n) is 1.56. The van der Waals surface area contributed by atoms with Gasteiger partial charge in [-0.3, -0.25) is 9.48 Å². The van der Waals surface area contributed by atoms with Crippen molar-refractivity contribution in [3.8, 4) is 0 Å². The highest BCUT2D eigenvalue weighted by Crippen LogP contribution is 1.91. The molecule has 0 N–H and O–H groups in total. The van der Waals surface area contributed by atoms with Gasteiger partial charge in [0, 0.05) is 39.3 Å². The van der Waals surface area contributed by atoms with Crippen LogP contribution in [0, 0.1) is 6.07 Å². The van der Waals surface area contributed by atoms with Crippen molar-refractivity contribution >= 4 is 5.91 Å². The van der Waals surface area contributed by atoms with E-state index in [-0.39, 0.29) is 5.91 Å². The summed E-state index contributed by atoms with van der Waals surface area (Å²) in [5, 5.41) is 3.94. The van der Waals surface area contributed by atoms with E-state index in [1.54, 1.807) is 36.1 Å². The Hall–Kier alpha value is -1.32. The molecule has 4 nitrogen and oxygen atoms in total. The molecule has 0 aromatic carbocycles. The van der Waals surface area contributed by atoms with Crippen molar-refractivity contribution in [2.45, 2.75) is 13.0 Å². The van der Waals surface area contributed by atoms with Crippen molar-refractivity contribution in [1.29, 1.82) is 0 Å². The standard InChI is InChI=1S/C8H12N3O/c1-10(2)8(12)4-7-11-6-3-5-9-11/h5-6H,4,7H2,1-2H3. The fourth-order valence-corrected chi connectivity index (χ4v) is 0.816. The zero-order chi connectivity index (χ0) is 8.97. The predicted molar refractivity (Wildman–Crippen MR) is 44.4 cm³/mol. The van der Waals surface area contributed by atoms with Gasteiger partial charge in [-0.15, -0.1) is 0 Å². The van der Waals surface area contributed by atoms with Crippen LogP contribution in [-0.4, -0.2) is 34.7 Å². The number of carbonyl (C=O) groups is 1. The van der Waals surface area contributed by atoms with Gasteiger partial charge in [0.25, 0.3) is 0 Å². The summed E-state index contributed by atoms with van der Waals surface area (Å²) in [4.78, 5) is 12.7. The van der Waals surface area contributed by atoms with Crippen molar-refractivity contribution in [3.63, 3.8) is 0 Å². The minimum absolute atomic E-state index is 0.116. The summed E-state index contributed by atoms with van der Waals surface area (Å²) in [5.41, 5.74) is 0. The summed E-state index contributed by atoms with van der Waals surface area (Å²) in [6.45, 7) is 0.626. The average molecular weight is 166 g/mol. The number of carbonyl (C=O) groups excluding carboxylic acids is 1. The van der Waals surface area contributed by atoms with Gasteiger partial charge in [-0.1, -0.05) is 0 Å². The van der Waals surface area contributed by atoms with Crippen LogP contribution in [0.25, 0.3) is 0 Å². The minimum atomic E-state index is 0.116. The van der Waals surface area contributed by atoms with Gasteiger partial charge in [0.2, 0.25) is 5.91 Å². The van der Waals surface area contributed by atoms with Gasteiger partial charge in [-0.05, 0) is 0 Å². The van der Waals surface area contributed by atoms with Crippen molar-refractivity contribution in [2.75, 3.05) is 14.1 Å². The number of nitrogens with zero attached hydrogens (tertiary/aromatic N) is 3. The van der Waals surface area contributed by atoms with E-state index in [2.05, 4.69) is 11.2 Å². The summed E-state index contributed by atoms with van der Waals surface area (Å²) in [6, 6.07) is 2.81. The molecule has 1 rings (SSSR count). The van der Waals surface area contributed by atoms with Gasteiger partial charge in [0.1, 0.15) is 0 Å². The number of amides is 1. The van der Waals surface area contributed by atoms with Crippen molar-refractivity contribution in [1.82, 2.24) is 14.7 Å². The number of aryl methyl sites for hydroxylation is 1. The molecule has 4 heteroatoms. The first-order chi connectivity index (χ1) is 5.70. The molecule has 1 aromatic heterocycles. The van der Waals surface area contributed by atoms with Crippen LogP contribution >= 0.6 is 0 Å². The zero-order valence-electron chi connectivity index (χ0n) is 7.32. The van der Waals surface area contributed by atoms with E-state index >= 15 is 0 Å². The second-order valence-corrected chi connectivity index (χ2v) is 2.74. The molecule has 65 valence electrons. The van der Waals surface area contributed by atoms with Gasteiger partial charge < -0.3 is 4.90 Å². The van der Waals surface area contributed by atoms with Crippen LogP contribution < -0.4 is 0 Å². The molecule has 0 aliphatic carbocycles. The van der Waals surface area contributed by atoms with E-state index in [1.165, 1.54) is 0 Å². The first kappa shape index (κ1) is 8.77. The van der Waals surface area contributed by atoms with Gasteiger partial charge >= 0.3 is 0 Å². The molecule has 0 aliphatic rings. The van der Waals surface area contributed by atoms with E-state index in [0.29, 0.717) is 13.0 Å². The summed E-state index contributed by atoms with van der Waals surface area (Å²) < 4.78 is 1.70. The lowest BCUT2D eigenvalue weighted by Gasteiger charge is -2.09. The molecule has 1 aromatic rings. The Kier molecular flexibility index (Phi) is 2.85. The third kappa shape index (κ3) is 2.38. The van der Waals surface area contributed by atoms with Crippen LogP contribution in [0.15, 0.2) is 12.4 Å². The monoisotopic (exact) mass is 166 g/mol. The Morgan fingerprint density at radius 3 is 2.92 bits per heavy atom. The van der Waals surface area contributed by atoms with E-state index in [4.69, 9.17) is 0 Å². The van der Waals surface area contributed by atoms with Crippen molar-refractivity contribution in [3.05, 3.63) is 18.5 Å². The Morgan fingerprint density at radius 2 is 2.42 bits per heavy atom. The van der Waals surface area contributed by atoms with Gasteiger partial charge in [0.05, 0.1) is 6.20 Å². The van der Waals surface area contributed by atoms with Crippen LogP contribution in [0.1, 0.15) is 6.42 Å². The fraction of sp³-hybridized carbons (Fsp3) is 0.500. The first-order valence-electron chi connectivity index (χ1n) is 3.79. The average Bonchev–Trinajstić information content (AvgIpc) is 2.51. The molecular weight excluding hydrogens is 154 g/mol. The maximum Gasteiger partial charge on any atom is 0.223 e. The van der Waals surface area contributed by atoms with Crippen LogP contribution in [0.4, 0.5) is 0 Å². The van der Waals surface area contributed by atoms with E-state index in [0.717, 1.165) is 0 Å². The van der Waals surface area contributed by atoms with Crippen LogP contribution in [0.5, 0.6) is 0 Å². The number of hydrogen-bond acceptors (Lipinski definition) is 2. The molecule has 0 saturated heterocycles. The molecule has 0 unspecified atom stereocenters. The van der Waals surface area contributed by atoms with E-state index in [1.807, 2.05) is 0 Å². The second kappa shape index (κ2) is 3.90. The maximum absolute atomic E-state index is 11.1. The number of rotatable bonds is 3. The van der Waals surface area contributed by atoms with Crippen LogP contribution in [-0.2, 0) is 11.3 Å². The van der Waals surface area contributed by atoms with Crippen LogP contribution in [0.3, 0.4) is 0 Å². The molecule has 0 aliphatic heterocycles. The zero-order valence-corrected chi connectivity index (χ0v) is 7.32. The molecule has 0 spiro atoms. The molecule has 0 fully saturated rings. The molecular formula is C8H12N3O. The highest BCUT2D eigenvalue weighted by atomic mass is 16.2. The molecule has 1 radical (unpaired) electrons. The first-order valence-corrected chi connectivity index (χ1v) is 3.79. The van der Waals surface area contributed by atoms with Gasteiger partial charge in [0.15, 0.2) is 0 Å². The topological polar surface area (TPSA) is 38.1 Å². The quantitative estimate of drug-likeness (QED) is 0.641. The summed E-state index contributed by atoms with van der Waals surface area (Å²) >= 11 is 0. The lowest BCUT2D eigenvalue weighted by molar-refractivity contribution is -0.128. The van der Waals surface area contributed by atoms with Crippen molar-refractivity contribution < 1.29 is 4.79 Å². The van der Waals surface area contributed by atoms with Crippen molar-refractivity contribution in [2.24, 2.45) is 0 Å². The smallest absolute Gasteiger partial charge is 0.223 e. The largest absolute Gasteiger partial charge is 0.349 e.